The number of halogens is 1. The van der Waals surface area contributed by atoms with E-state index in [9.17, 15) is 0 Å². The molecule has 2 aliphatic heterocycles. The van der Waals surface area contributed by atoms with Crippen molar-refractivity contribution < 1.29 is 9.13 Å². The van der Waals surface area contributed by atoms with Crippen LogP contribution in [0.1, 0.15) is 18.5 Å². The Hall–Kier alpha value is -2.28. The molecule has 1 fully saturated rings. The number of nitrogen functional groups attached to an aromatic ring is 1. The second kappa shape index (κ2) is 5.62. The number of rotatable bonds is 1. The highest BCUT2D eigenvalue weighted by Gasteiger charge is 2.31. The predicted molar refractivity (Wildman–Crippen MR) is 96.8 cm³/mol. The molecular weight excluding hydrogens is 321 g/mol. The van der Waals surface area contributed by atoms with E-state index in [0.29, 0.717) is 23.4 Å². The molecule has 1 aromatic carbocycles. The van der Waals surface area contributed by atoms with E-state index < -0.39 is 5.82 Å². The van der Waals surface area contributed by atoms with Crippen LogP contribution in [0.3, 0.4) is 0 Å². The number of aryl methyl sites for hydroxylation is 1. The van der Waals surface area contributed by atoms with Crippen LogP contribution in [0.2, 0.25) is 0 Å². The van der Waals surface area contributed by atoms with Gasteiger partial charge in [-0.1, -0.05) is 0 Å². The molecule has 134 valence electrons. The maximum atomic E-state index is 15.3. The molecule has 0 spiro atoms. The normalized spacial score (nSPS) is 20.8. The molecule has 3 N–H and O–H groups in total. The highest BCUT2D eigenvalue weighted by Crippen LogP contribution is 2.45. The van der Waals surface area contributed by atoms with E-state index in [0.717, 1.165) is 37.3 Å². The van der Waals surface area contributed by atoms with Gasteiger partial charge in [-0.15, -0.1) is 0 Å². The van der Waals surface area contributed by atoms with Crippen LogP contribution in [0.15, 0.2) is 6.20 Å². The molecule has 6 nitrogen and oxygen atoms in total. The average Bonchev–Trinajstić information content (AvgIpc) is 2.59. The number of nitrogens with two attached hydrogens (primary N) is 1. The van der Waals surface area contributed by atoms with Gasteiger partial charge in [-0.2, -0.15) is 0 Å². The third-order valence-corrected chi connectivity index (χ3v) is 5.38. The molecule has 25 heavy (non-hydrogen) atoms. The third-order valence-electron chi connectivity index (χ3n) is 5.38. The van der Waals surface area contributed by atoms with Crippen molar-refractivity contribution in [2.45, 2.75) is 19.9 Å². The zero-order valence-electron chi connectivity index (χ0n) is 14.9. The summed E-state index contributed by atoms with van der Waals surface area (Å²) in [6, 6.07) is 0.111. The van der Waals surface area contributed by atoms with Crippen LogP contribution in [-0.4, -0.2) is 49.3 Å². The van der Waals surface area contributed by atoms with Crippen molar-refractivity contribution in [2.24, 2.45) is 0 Å². The first kappa shape index (κ1) is 16.2. The number of nitrogens with zero attached hydrogens (tertiary/aromatic N) is 3. The number of pyridine rings is 1. The van der Waals surface area contributed by atoms with Crippen LogP contribution in [-0.2, 0) is 0 Å². The summed E-state index contributed by atoms with van der Waals surface area (Å²) in [5, 5.41) is 9.12. The number of likely N-dealkylation sites (N-methyl/N-ethyl adjacent to an activating group) is 1. The molecule has 4 rings (SSSR count). The zero-order chi connectivity index (χ0) is 17.9. The summed E-state index contributed by atoms with van der Waals surface area (Å²) in [6.45, 7) is 7.58. The van der Waals surface area contributed by atoms with Crippen LogP contribution < -0.4 is 20.7 Å². The van der Waals surface area contributed by atoms with Gasteiger partial charge in [0.05, 0.1) is 28.0 Å². The van der Waals surface area contributed by atoms with Crippen LogP contribution in [0.25, 0.3) is 10.9 Å². The summed E-state index contributed by atoms with van der Waals surface area (Å²) in [4.78, 5) is 4.24. The van der Waals surface area contributed by atoms with Gasteiger partial charge in [0.2, 0.25) is 0 Å². The molecule has 1 saturated heterocycles. The molecule has 0 aliphatic carbocycles. The maximum absolute atomic E-state index is 15.3. The smallest absolute Gasteiger partial charge is 0.174 e. The quantitative estimate of drug-likeness (QED) is 0.774. The Kier molecular flexibility index (Phi) is 3.64. The summed E-state index contributed by atoms with van der Waals surface area (Å²) >= 11 is 0. The standard InChI is InChI=1S/C18H24FN5O/c1-10-8-24-11(2)9-25-18-16(24)12(14(10)20)15(21)13(19)17(18)23-6-4-22(3)5-7-23/h8,11,20H,4-7,9,21H2,1-3H3. The fourth-order valence-electron chi connectivity index (χ4n) is 3.81. The van der Waals surface area contributed by atoms with Gasteiger partial charge in [0.1, 0.15) is 12.3 Å². The molecule has 1 atom stereocenters. The largest absolute Gasteiger partial charge is 0.487 e. The lowest BCUT2D eigenvalue weighted by Gasteiger charge is -2.37. The summed E-state index contributed by atoms with van der Waals surface area (Å²) in [5.41, 5.74) is 8.20. The fraction of sp³-hybridized carbons (Fsp3) is 0.500. The minimum Gasteiger partial charge on any atom is -0.487 e. The number of ether oxygens (including phenoxy) is 1. The Morgan fingerprint density at radius 2 is 1.96 bits per heavy atom. The molecule has 7 heteroatoms. The highest BCUT2D eigenvalue weighted by molar-refractivity contribution is 6.00. The Balaban J connectivity index is 2.05. The van der Waals surface area contributed by atoms with Crippen molar-refractivity contribution in [3.63, 3.8) is 0 Å². The van der Waals surface area contributed by atoms with Crippen molar-refractivity contribution in [1.29, 1.82) is 5.41 Å². The van der Waals surface area contributed by atoms with Gasteiger partial charge in [-0.25, -0.2) is 4.39 Å². The Bertz CT molecular complexity index is 914. The number of benzene rings is 1. The second-order valence-electron chi connectivity index (χ2n) is 7.17. The Morgan fingerprint density at radius 1 is 1.28 bits per heavy atom. The molecule has 1 unspecified atom stereocenters. The number of nitrogens with one attached hydrogen (secondary N) is 1. The highest BCUT2D eigenvalue weighted by atomic mass is 19.1. The third kappa shape index (κ3) is 2.29. The van der Waals surface area contributed by atoms with E-state index in [1.165, 1.54) is 0 Å². The monoisotopic (exact) mass is 345 g/mol. The topological polar surface area (TPSA) is 70.5 Å². The molecule has 2 aliphatic rings. The first-order valence-electron chi connectivity index (χ1n) is 8.67. The van der Waals surface area contributed by atoms with E-state index in [-0.39, 0.29) is 17.1 Å². The molecule has 3 heterocycles. The summed E-state index contributed by atoms with van der Waals surface area (Å²) in [5.74, 6) is 0.0603. The van der Waals surface area contributed by atoms with E-state index in [1.807, 2.05) is 18.0 Å². The lowest BCUT2D eigenvalue weighted by atomic mass is 10.0. The number of hydrogen-bond acceptors (Lipinski definition) is 5. The summed E-state index contributed by atoms with van der Waals surface area (Å²) in [6.07, 6.45) is 1.95. The van der Waals surface area contributed by atoms with Crippen molar-refractivity contribution in [3.05, 3.63) is 22.9 Å². The minimum absolute atomic E-state index is 0.0489. The number of piperazine rings is 1. The second-order valence-corrected chi connectivity index (χ2v) is 7.17. The zero-order valence-corrected chi connectivity index (χ0v) is 14.9. The van der Waals surface area contributed by atoms with Gasteiger partial charge in [-0.05, 0) is 26.5 Å². The van der Waals surface area contributed by atoms with E-state index in [1.54, 1.807) is 0 Å². The summed E-state index contributed by atoms with van der Waals surface area (Å²) in [7, 11) is 2.06. The fourth-order valence-corrected chi connectivity index (χ4v) is 3.81. The van der Waals surface area contributed by atoms with Crippen LogP contribution in [0.5, 0.6) is 5.75 Å². The van der Waals surface area contributed by atoms with E-state index >= 15 is 4.39 Å². The van der Waals surface area contributed by atoms with E-state index in [2.05, 4.69) is 23.4 Å². The first-order valence-corrected chi connectivity index (χ1v) is 8.67. The van der Waals surface area contributed by atoms with Gasteiger partial charge >= 0.3 is 0 Å². The SMILES string of the molecule is Cc1cn2c3c(c(N4CCN(C)CC4)c(F)c(N)c3c1=N)OCC2C. The van der Waals surface area contributed by atoms with Gasteiger partial charge in [0.15, 0.2) is 11.6 Å². The maximum Gasteiger partial charge on any atom is 0.174 e. The number of anilines is 2. The minimum atomic E-state index is -0.466. The molecule has 0 amide bonds. The van der Waals surface area contributed by atoms with Crippen molar-refractivity contribution >= 4 is 22.3 Å². The lowest BCUT2D eigenvalue weighted by molar-refractivity contribution is 0.245. The van der Waals surface area contributed by atoms with Crippen molar-refractivity contribution in [1.82, 2.24) is 9.47 Å². The Labute approximate surface area is 146 Å². The molecule has 1 aromatic heterocycles. The van der Waals surface area contributed by atoms with Crippen LogP contribution in [0, 0.1) is 18.2 Å². The Morgan fingerprint density at radius 3 is 2.64 bits per heavy atom. The first-order chi connectivity index (χ1) is 11.9. The van der Waals surface area contributed by atoms with Crippen molar-refractivity contribution in [3.8, 4) is 5.75 Å². The summed E-state index contributed by atoms with van der Waals surface area (Å²) < 4.78 is 23.3. The molecule has 0 bridgehead atoms. The average molecular weight is 345 g/mol. The van der Waals surface area contributed by atoms with Crippen molar-refractivity contribution in [2.75, 3.05) is 50.5 Å². The molecule has 2 aromatic rings. The lowest BCUT2D eigenvalue weighted by Crippen LogP contribution is -2.45. The van der Waals surface area contributed by atoms with Gasteiger partial charge in [0, 0.05) is 32.4 Å². The van der Waals surface area contributed by atoms with Gasteiger partial charge in [0.25, 0.3) is 0 Å². The number of hydrogen-bond donors (Lipinski definition) is 2. The van der Waals surface area contributed by atoms with Crippen LogP contribution >= 0.6 is 0 Å². The molecule has 0 saturated carbocycles. The van der Waals surface area contributed by atoms with Crippen LogP contribution in [0.4, 0.5) is 15.8 Å². The number of aromatic nitrogens is 1. The van der Waals surface area contributed by atoms with Gasteiger partial charge in [-0.3, -0.25) is 5.41 Å². The molecule has 0 radical (unpaired) electrons. The van der Waals surface area contributed by atoms with E-state index in [4.69, 9.17) is 15.9 Å². The van der Waals surface area contributed by atoms with Gasteiger partial charge < -0.3 is 24.8 Å². The predicted octanol–water partition coefficient (Wildman–Crippen LogP) is 1.86. The molecular formula is C18H24FN5O.